The number of nitriles is 1. The predicted octanol–water partition coefficient (Wildman–Crippen LogP) is 0.795. The van der Waals surface area contributed by atoms with Crippen molar-refractivity contribution in [2.45, 2.75) is 0 Å². The Labute approximate surface area is 73.5 Å². The average molecular weight is 171 g/mol. The summed E-state index contributed by atoms with van der Waals surface area (Å²) >= 11 is 0. The van der Waals surface area contributed by atoms with Crippen LogP contribution in [0.4, 0.5) is 0 Å². The Morgan fingerprint density at radius 1 is 1.54 bits per heavy atom. The fraction of sp³-hybridized carbons (Fsp3) is 0. The van der Waals surface area contributed by atoms with Crippen LogP contribution < -0.4 is 5.56 Å². The third-order valence-electron chi connectivity index (χ3n) is 1.77. The van der Waals surface area contributed by atoms with Crippen molar-refractivity contribution in [3.63, 3.8) is 0 Å². The molecule has 2 aromatic rings. The normalized spacial score (nSPS) is 9.77. The quantitative estimate of drug-likeness (QED) is 0.637. The van der Waals surface area contributed by atoms with Crippen molar-refractivity contribution in [2.24, 2.45) is 0 Å². The predicted molar refractivity (Wildman–Crippen MR) is 47.1 cm³/mol. The lowest BCUT2D eigenvalue weighted by Crippen LogP contribution is -2.09. The van der Waals surface area contributed by atoms with Crippen LogP contribution in [-0.2, 0) is 0 Å². The number of nitrogens with zero attached hydrogens (tertiary/aromatic N) is 2. The number of pyridine rings is 2. The number of hydrogen-bond donors (Lipinski definition) is 1. The summed E-state index contributed by atoms with van der Waals surface area (Å²) in [6, 6.07) is 5.04. The van der Waals surface area contributed by atoms with Crippen LogP contribution in [0, 0.1) is 11.3 Å². The Morgan fingerprint density at radius 3 is 3.15 bits per heavy atom. The van der Waals surface area contributed by atoms with Crippen LogP contribution >= 0.6 is 0 Å². The Kier molecular flexibility index (Phi) is 1.57. The van der Waals surface area contributed by atoms with E-state index >= 15 is 0 Å². The summed E-state index contributed by atoms with van der Waals surface area (Å²) in [4.78, 5) is 17.6. The molecule has 2 heterocycles. The van der Waals surface area contributed by atoms with Gasteiger partial charge in [-0.15, -0.1) is 0 Å². The van der Waals surface area contributed by atoms with Crippen LogP contribution in [-0.4, -0.2) is 9.97 Å². The first-order chi connectivity index (χ1) is 6.31. The van der Waals surface area contributed by atoms with E-state index in [1.165, 1.54) is 6.07 Å². The molecule has 0 saturated carbocycles. The molecule has 0 amide bonds. The molecule has 2 rings (SSSR count). The number of nitrogens with one attached hydrogen (secondary N) is 1. The molecule has 0 atom stereocenters. The van der Waals surface area contributed by atoms with E-state index < -0.39 is 0 Å². The molecular formula is C9H5N3O. The van der Waals surface area contributed by atoms with Gasteiger partial charge in [0.05, 0.1) is 5.52 Å². The largest absolute Gasteiger partial charge is 0.321 e. The highest BCUT2D eigenvalue weighted by Gasteiger charge is 2.00. The summed E-state index contributed by atoms with van der Waals surface area (Å²) in [6.45, 7) is 0. The summed E-state index contributed by atoms with van der Waals surface area (Å²) in [5.41, 5.74) is 0.445. The second-order valence-corrected chi connectivity index (χ2v) is 2.59. The van der Waals surface area contributed by atoms with E-state index in [-0.39, 0.29) is 11.1 Å². The van der Waals surface area contributed by atoms with Crippen molar-refractivity contribution < 1.29 is 0 Å². The molecule has 0 spiro atoms. The van der Waals surface area contributed by atoms with Gasteiger partial charge in [-0.1, -0.05) is 0 Å². The third kappa shape index (κ3) is 1.16. The molecule has 4 nitrogen and oxygen atoms in total. The summed E-state index contributed by atoms with van der Waals surface area (Å²) in [5, 5.41) is 9.35. The molecule has 0 aliphatic heterocycles. The Bertz CT molecular complexity index is 551. The van der Waals surface area contributed by atoms with Gasteiger partial charge in [0.15, 0.2) is 0 Å². The van der Waals surface area contributed by atoms with Gasteiger partial charge in [0.1, 0.15) is 11.6 Å². The summed E-state index contributed by atoms with van der Waals surface area (Å²) in [5.74, 6) is 0. The van der Waals surface area contributed by atoms with Gasteiger partial charge < -0.3 is 4.98 Å². The molecule has 0 fully saturated rings. The topological polar surface area (TPSA) is 69.5 Å². The molecule has 0 saturated heterocycles. The van der Waals surface area contributed by atoms with E-state index in [0.29, 0.717) is 5.52 Å². The highest BCUT2D eigenvalue weighted by atomic mass is 16.1. The zero-order valence-electron chi connectivity index (χ0n) is 6.61. The van der Waals surface area contributed by atoms with E-state index in [9.17, 15) is 4.79 Å². The van der Waals surface area contributed by atoms with Crippen molar-refractivity contribution in [1.29, 1.82) is 5.26 Å². The molecule has 0 radical (unpaired) electrons. The Morgan fingerprint density at radius 2 is 2.38 bits per heavy atom. The molecule has 0 bridgehead atoms. The first kappa shape index (κ1) is 7.50. The maximum Gasteiger partial charge on any atom is 0.266 e. The van der Waals surface area contributed by atoms with E-state index in [0.717, 1.165) is 5.39 Å². The van der Waals surface area contributed by atoms with Crippen LogP contribution in [0.5, 0.6) is 0 Å². The van der Waals surface area contributed by atoms with Crippen LogP contribution in [0.3, 0.4) is 0 Å². The second kappa shape index (κ2) is 2.72. The molecule has 1 N–H and O–H groups in total. The number of fused-ring (bicyclic) bond motifs is 1. The molecular weight excluding hydrogens is 166 g/mol. The van der Waals surface area contributed by atoms with Crippen molar-refractivity contribution in [1.82, 2.24) is 9.97 Å². The molecule has 0 unspecified atom stereocenters. The van der Waals surface area contributed by atoms with Gasteiger partial charge in [-0.3, -0.25) is 9.78 Å². The summed E-state index contributed by atoms with van der Waals surface area (Å²) < 4.78 is 0. The fourth-order valence-electron chi connectivity index (χ4n) is 1.13. The number of rotatable bonds is 0. The second-order valence-electron chi connectivity index (χ2n) is 2.59. The lowest BCUT2D eigenvalue weighted by atomic mass is 10.2. The maximum atomic E-state index is 11.2. The molecule has 0 aliphatic carbocycles. The van der Waals surface area contributed by atoms with Crippen LogP contribution in [0.15, 0.2) is 29.3 Å². The Balaban J connectivity index is 2.91. The highest BCUT2D eigenvalue weighted by Crippen LogP contribution is 2.07. The van der Waals surface area contributed by atoms with Crippen molar-refractivity contribution in [2.75, 3.05) is 0 Å². The first-order valence-electron chi connectivity index (χ1n) is 3.68. The van der Waals surface area contributed by atoms with Crippen molar-refractivity contribution >= 4 is 10.9 Å². The summed E-state index contributed by atoms with van der Waals surface area (Å²) in [7, 11) is 0. The average Bonchev–Trinajstić information content (AvgIpc) is 2.17. The van der Waals surface area contributed by atoms with E-state index in [1.807, 2.05) is 6.07 Å². The lowest BCUT2D eigenvalue weighted by molar-refractivity contribution is 1.25. The Hall–Kier alpha value is -2.15. The smallest absolute Gasteiger partial charge is 0.266 e. The minimum atomic E-state index is -0.360. The van der Waals surface area contributed by atoms with Crippen molar-refractivity contribution in [3.05, 3.63) is 40.4 Å². The van der Waals surface area contributed by atoms with Gasteiger partial charge in [-0.2, -0.15) is 5.26 Å². The van der Waals surface area contributed by atoms with Gasteiger partial charge in [0.25, 0.3) is 5.56 Å². The van der Waals surface area contributed by atoms with Gasteiger partial charge >= 0.3 is 0 Å². The molecule has 13 heavy (non-hydrogen) atoms. The van der Waals surface area contributed by atoms with Crippen molar-refractivity contribution in [3.8, 4) is 6.07 Å². The monoisotopic (exact) mass is 171 g/mol. The number of aromatic amines is 1. The molecule has 0 aliphatic rings. The fourth-order valence-corrected chi connectivity index (χ4v) is 1.13. The van der Waals surface area contributed by atoms with Crippen LogP contribution in [0.25, 0.3) is 10.9 Å². The highest BCUT2D eigenvalue weighted by molar-refractivity contribution is 5.78. The standard InChI is InChI=1S/C9H5N3O/c10-4-6-3-7-5-11-2-1-8(7)12-9(6)13/h1-3,5H,(H,12,13). The number of aromatic nitrogens is 2. The van der Waals surface area contributed by atoms with Gasteiger partial charge in [-0.05, 0) is 12.1 Å². The van der Waals surface area contributed by atoms with Crippen LogP contribution in [0.2, 0.25) is 0 Å². The lowest BCUT2D eigenvalue weighted by Gasteiger charge is -1.95. The van der Waals surface area contributed by atoms with Crippen LogP contribution in [0.1, 0.15) is 5.56 Å². The van der Waals surface area contributed by atoms with Gasteiger partial charge in [0.2, 0.25) is 0 Å². The number of hydrogen-bond acceptors (Lipinski definition) is 3. The minimum absolute atomic E-state index is 0.112. The molecule has 4 heteroatoms. The van der Waals surface area contributed by atoms with E-state index in [4.69, 9.17) is 5.26 Å². The summed E-state index contributed by atoms with van der Waals surface area (Å²) in [6.07, 6.45) is 3.19. The first-order valence-corrected chi connectivity index (χ1v) is 3.68. The minimum Gasteiger partial charge on any atom is -0.321 e. The van der Waals surface area contributed by atoms with E-state index in [2.05, 4.69) is 9.97 Å². The van der Waals surface area contributed by atoms with E-state index in [1.54, 1.807) is 18.5 Å². The molecule has 62 valence electrons. The zero-order valence-corrected chi connectivity index (χ0v) is 6.61. The zero-order chi connectivity index (χ0) is 9.26. The third-order valence-corrected chi connectivity index (χ3v) is 1.77. The van der Waals surface area contributed by atoms with Gasteiger partial charge in [-0.25, -0.2) is 0 Å². The van der Waals surface area contributed by atoms with Gasteiger partial charge in [0, 0.05) is 17.8 Å². The number of H-pyrrole nitrogens is 1. The molecule has 0 aromatic carbocycles. The SMILES string of the molecule is N#Cc1cc2cnccc2[nH]c1=O. The molecule has 2 aromatic heterocycles. The maximum absolute atomic E-state index is 11.2.